The van der Waals surface area contributed by atoms with E-state index in [9.17, 15) is 9.59 Å². The highest BCUT2D eigenvalue weighted by atomic mass is 16.2. The highest BCUT2D eigenvalue weighted by molar-refractivity contribution is 5.67. The number of nitrogens with two attached hydrogens (primary N) is 1. The SMILES string of the molecule is CN(C)CCC[n+]1c(N)[nH]c2c1c(=O)n(C)c(=O)n2C. The number of H-pyrrole nitrogens is 1. The van der Waals surface area contributed by atoms with E-state index in [4.69, 9.17) is 5.73 Å². The molecule has 2 aromatic rings. The van der Waals surface area contributed by atoms with Gasteiger partial charge in [-0.15, -0.1) is 0 Å². The molecule has 0 radical (unpaired) electrons. The Morgan fingerprint density at radius 2 is 1.90 bits per heavy atom. The lowest BCUT2D eigenvalue weighted by molar-refractivity contribution is -0.657. The molecule has 0 aliphatic carbocycles. The molecule has 0 aliphatic rings. The molecule has 0 saturated carbocycles. The largest absolute Gasteiger partial charge is 0.355 e. The number of nitrogens with zero attached hydrogens (tertiary/aromatic N) is 4. The van der Waals surface area contributed by atoms with Crippen molar-refractivity contribution in [2.24, 2.45) is 14.1 Å². The molecule has 2 heterocycles. The third kappa shape index (κ3) is 2.22. The van der Waals surface area contributed by atoms with Crippen molar-refractivity contribution < 1.29 is 4.57 Å². The van der Waals surface area contributed by atoms with E-state index in [1.54, 1.807) is 11.6 Å². The van der Waals surface area contributed by atoms with Crippen molar-refractivity contribution in [3.63, 3.8) is 0 Å². The third-order valence-corrected chi connectivity index (χ3v) is 3.44. The van der Waals surface area contributed by atoms with Crippen molar-refractivity contribution in [2.45, 2.75) is 13.0 Å². The van der Waals surface area contributed by atoms with Gasteiger partial charge >= 0.3 is 11.6 Å². The topological polar surface area (TPSA) is 92.9 Å². The average Bonchev–Trinajstić information content (AvgIpc) is 2.71. The van der Waals surface area contributed by atoms with Crippen LogP contribution in [0, 0.1) is 0 Å². The molecule has 0 unspecified atom stereocenters. The summed E-state index contributed by atoms with van der Waals surface area (Å²) in [7, 11) is 7.07. The minimum Gasteiger partial charge on any atom is -0.309 e. The minimum absolute atomic E-state index is 0.332. The summed E-state index contributed by atoms with van der Waals surface area (Å²) in [6, 6.07) is 0. The molecule has 2 aromatic heterocycles. The Kier molecular flexibility index (Phi) is 3.67. The maximum absolute atomic E-state index is 12.3. The summed E-state index contributed by atoms with van der Waals surface area (Å²) in [4.78, 5) is 29.1. The molecule has 8 heteroatoms. The second-order valence-electron chi connectivity index (χ2n) is 5.22. The molecule has 0 aromatic carbocycles. The molecule has 2 rings (SSSR count). The van der Waals surface area contributed by atoms with E-state index in [0.29, 0.717) is 23.7 Å². The maximum atomic E-state index is 12.3. The summed E-state index contributed by atoms with van der Waals surface area (Å²) < 4.78 is 4.23. The first-order chi connectivity index (χ1) is 9.34. The molecule has 0 spiro atoms. The van der Waals surface area contributed by atoms with Gasteiger partial charge in [-0.3, -0.25) is 19.7 Å². The predicted octanol–water partition coefficient (Wildman–Crippen LogP) is -1.61. The van der Waals surface area contributed by atoms with Gasteiger partial charge in [-0.1, -0.05) is 0 Å². The molecule has 0 saturated heterocycles. The van der Waals surface area contributed by atoms with Crippen LogP contribution in [0.25, 0.3) is 11.2 Å². The van der Waals surface area contributed by atoms with Crippen LogP contribution in [0.1, 0.15) is 6.42 Å². The van der Waals surface area contributed by atoms with Gasteiger partial charge in [0.25, 0.3) is 5.56 Å². The standard InChI is InChI=1S/C12H20N6O2/c1-15(2)6-5-7-18-8-9(14-11(18)13)16(3)12(20)17(4)10(8)19/h5-7H2,1-4H3,(H2,13,14,19)/p+1. The van der Waals surface area contributed by atoms with Crippen molar-refractivity contribution >= 4 is 17.1 Å². The van der Waals surface area contributed by atoms with Crippen LogP contribution in [0.2, 0.25) is 0 Å². The van der Waals surface area contributed by atoms with E-state index in [0.717, 1.165) is 17.5 Å². The molecule has 0 amide bonds. The van der Waals surface area contributed by atoms with Crippen molar-refractivity contribution in [3.05, 3.63) is 20.8 Å². The van der Waals surface area contributed by atoms with Crippen LogP contribution in [-0.4, -0.2) is 39.7 Å². The number of nitrogen functional groups attached to an aromatic ring is 1. The zero-order chi connectivity index (χ0) is 15.0. The first-order valence-electron chi connectivity index (χ1n) is 6.46. The van der Waals surface area contributed by atoms with Crippen molar-refractivity contribution in [2.75, 3.05) is 26.4 Å². The van der Waals surface area contributed by atoms with Gasteiger partial charge in [-0.25, -0.2) is 14.3 Å². The molecule has 20 heavy (non-hydrogen) atoms. The van der Waals surface area contributed by atoms with Crippen LogP contribution in [0.3, 0.4) is 0 Å². The minimum atomic E-state index is -0.371. The van der Waals surface area contributed by atoms with Crippen LogP contribution in [-0.2, 0) is 20.6 Å². The van der Waals surface area contributed by atoms with Gasteiger partial charge in [0, 0.05) is 20.6 Å². The van der Waals surface area contributed by atoms with Crippen LogP contribution >= 0.6 is 0 Å². The highest BCUT2D eigenvalue weighted by Crippen LogP contribution is 2.04. The van der Waals surface area contributed by atoms with Gasteiger partial charge in [0.05, 0.1) is 6.54 Å². The summed E-state index contributed by atoms with van der Waals surface area (Å²) in [6.45, 7) is 1.52. The Morgan fingerprint density at radius 1 is 1.25 bits per heavy atom. The molecule has 0 bridgehead atoms. The monoisotopic (exact) mass is 281 g/mol. The van der Waals surface area contributed by atoms with Crippen LogP contribution in [0.5, 0.6) is 0 Å². The second kappa shape index (κ2) is 5.12. The Labute approximate surface area is 116 Å². The normalized spacial score (nSPS) is 11.7. The third-order valence-electron chi connectivity index (χ3n) is 3.44. The first kappa shape index (κ1) is 14.3. The van der Waals surface area contributed by atoms with Crippen molar-refractivity contribution in [3.8, 4) is 0 Å². The number of anilines is 1. The fourth-order valence-corrected chi connectivity index (χ4v) is 2.30. The van der Waals surface area contributed by atoms with E-state index >= 15 is 0 Å². The summed E-state index contributed by atoms with van der Waals surface area (Å²) >= 11 is 0. The lowest BCUT2D eigenvalue weighted by atomic mass is 10.4. The van der Waals surface area contributed by atoms with Crippen LogP contribution < -0.4 is 21.5 Å². The number of aryl methyl sites for hydroxylation is 2. The van der Waals surface area contributed by atoms with Gasteiger partial charge in [-0.2, -0.15) is 0 Å². The second-order valence-corrected chi connectivity index (χ2v) is 5.22. The summed E-state index contributed by atoms with van der Waals surface area (Å²) in [5.74, 6) is 0.386. The molecule has 8 nitrogen and oxygen atoms in total. The highest BCUT2D eigenvalue weighted by Gasteiger charge is 2.22. The van der Waals surface area contributed by atoms with Crippen LogP contribution in [0.15, 0.2) is 9.59 Å². The molecule has 0 fully saturated rings. The van der Waals surface area contributed by atoms with E-state index in [2.05, 4.69) is 9.88 Å². The fraction of sp³-hybridized carbons (Fsp3) is 0.583. The number of hydrogen-bond donors (Lipinski definition) is 2. The lowest BCUT2D eigenvalue weighted by Gasteiger charge is -2.08. The summed E-state index contributed by atoms with van der Waals surface area (Å²) in [5, 5.41) is 0. The van der Waals surface area contributed by atoms with Crippen molar-refractivity contribution in [1.29, 1.82) is 0 Å². The fourth-order valence-electron chi connectivity index (χ4n) is 2.30. The van der Waals surface area contributed by atoms with Gasteiger partial charge in [0.15, 0.2) is 0 Å². The Balaban J connectivity index is 2.59. The number of imidazole rings is 1. The number of rotatable bonds is 4. The number of aromatic nitrogens is 4. The maximum Gasteiger partial charge on any atom is 0.355 e. The number of aromatic amines is 1. The molecule has 0 aliphatic heterocycles. The van der Waals surface area contributed by atoms with Crippen LogP contribution in [0.4, 0.5) is 5.95 Å². The summed E-state index contributed by atoms with van der Waals surface area (Å²) in [5.41, 5.74) is 6.13. The Bertz CT molecular complexity index is 752. The Morgan fingerprint density at radius 3 is 2.50 bits per heavy atom. The van der Waals surface area contributed by atoms with Gasteiger partial charge in [0.2, 0.25) is 11.2 Å². The number of fused-ring (bicyclic) bond motifs is 1. The molecule has 3 N–H and O–H groups in total. The van der Waals surface area contributed by atoms with Gasteiger partial charge < -0.3 is 4.90 Å². The zero-order valence-corrected chi connectivity index (χ0v) is 12.3. The zero-order valence-electron chi connectivity index (χ0n) is 12.3. The predicted molar refractivity (Wildman–Crippen MR) is 76.6 cm³/mol. The molecule has 110 valence electrons. The first-order valence-corrected chi connectivity index (χ1v) is 6.46. The Hall–Kier alpha value is -2.09. The molecular weight excluding hydrogens is 260 g/mol. The average molecular weight is 281 g/mol. The lowest BCUT2D eigenvalue weighted by Crippen LogP contribution is -2.45. The van der Waals surface area contributed by atoms with Gasteiger partial charge in [0.1, 0.15) is 0 Å². The van der Waals surface area contributed by atoms with E-state index in [1.807, 2.05) is 14.1 Å². The van der Waals surface area contributed by atoms with E-state index in [-0.39, 0.29) is 11.2 Å². The number of nitrogens with one attached hydrogen (secondary N) is 1. The smallest absolute Gasteiger partial charge is 0.309 e. The van der Waals surface area contributed by atoms with E-state index < -0.39 is 0 Å². The summed E-state index contributed by atoms with van der Waals surface area (Å²) in [6.07, 6.45) is 0.862. The van der Waals surface area contributed by atoms with Gasteiger partial charge in [-0.05, 0) is 20.5 Å². The molecular formula is C12H21N6O2+. The van der Waals surface area contributed by atoms with E-state index in [1.165, 1.54) is 11.6 Å². The quantitative estimate of drug-likeness (QED) is 0.659. The number of hydrogen-bond acceptors (Lipinski definition) is 4. The van der Waals surface area contributed by atoms with Crippen molar-refractivity contribution in [1.82, 2.24) is 19.0 Å². The molecule has 0 atom stereocenters.